The van der Waals surface area contributed by atoms with Gasteiger partial charge in [0.1, 0.15) is 10.8 Å². The zero-order chi connectivity index (χ0) is 16.8. The van der Waals surface area contributed by atoms with Crippen LogP contribution in [0.15, 0.2) is 52.7 Å². The van der Waals surface area contributed by atoms with Gasteiger partial charge in [-0.05, 0) is 60.4 Å². The zero-order valence-corrected chi connectivity index (χ0v) is 15.6. The molecule has 0 bridgehead atoms. The third kappa shape index (κ3) is 4.90. The summed E-state index contributed by atoms with van der Waals surface area (Å²) in [6.45, 7) is 4.89. The molecule has 0 radical (unpaired) electrons. The lowest BCUT2D eigenvalue weighted by Crippen LogP contribution is -2.22. The van der Waals surface area contributed by atoms with Gasteiger partial charge in [-0.1, -0.05) is 12.1 Å². The normalized spacial score (nSPS) is 12.5. The van der Waals surface area contributed by atoms with Crippen LogP contribution in [0.1, 0.15) is 36.0 Å². The fourth-order valence-electron chi connectivity index (χ4n) is 2.54. The maximum absolute atomic E-state index is 5.78. The number of thiazole rings is 1. The topological polar surface area (TPSA) is 34.1 Å². The number of hydrogen-bond acceptors (Lipinski definition) is 5. The van der Waals surface area contributed by atoms with Crippen LogP contribution in [0.3, 0.4) is 0 Å². The molecule has 3 nitrogen and oxygen atoms in total. The third-order valence-corrected chi connectivity index (χ3v) is 5.21. The predicted molar refractivity (Wildman–Crippen MR) is 102 cm³/mol. The van der Waals surface area contributed by atoms with Crippen molar-refractivity contribution in [3.8, 4) is 5.75 Å². The van der Waals surface area contributed by atoms with Crippen LogP contribution in [0.4, 0.5) is 0 Å². The summed E-state index contributed by atoms with van der Waals surface area (Å²) in [5.41, 5.74) is 2.57. The van der Waals surface area contributed by atoms with Crippen molar-refractivity contribution in [1.82, 2.24) is 10.3 Å². The summed E-state index contributed by atoms with van der Waals surface area (Å²) < 4.78 is 5.78. The largest absolute Gasteiger partial charge is 0.491 e. The van der Waals surface area contributed by atoms with Gasteiger partial charge in [-0.15, -0.1) is 11.3 Å². The number of benzene rings is 1. The van der Waals surface area contributed by atoms with Crippen molar-refractivity contribution in [1.29, 1.82) is 0 Å². The Morgan fingerprint density at radius 2 is 2.08 bits per heavy atom. The van der Waals surface area contributed by atoms with Gasteiger partial charge in [0, 0.05) is 18.1 Å². The SMILES string of the molecule is CC(C)Oc1cccc(CN[C@H](Cc2ccsc2)c2nccs2)c1. The number of thiophene rings is 1. The summed E-state index contributed by atoms with van der Waals surface area (Å²) in [5, 5.41) is 11.2. The Morgan fingerprint density at radius 1 is 1.17 bits per heavy atom. The highest BCUT2D eigenvalue weighted by Crippen LogP contribution is 2.23. The van der Waals surface area contributed by atoms with E-state index < -0.39 is 0 Å². The minimum absolute atomic E-state index is 0.190. The molecule has 0 unspecified atom stereocenters. The van der Waals surface area contributed by atoms with E-state index in [1.54, 1.807) is 22.7 Å². The van der Waals surface area contributed by atoms with Crippen LogP contribution in [0.2, 0.25) is 0 Å². The molecule has 1 atom stereocenters. The number of hydrogen-bond donors (Lipinski definition) is 1. The molecule has 3 aromatic rings. The molecule has 0 aliphatic rings. The monoisotopic (exact) mass is 358 g/mol. The van der Waals surface area contributed by atoms with E-state index in [0.29, 0.717) is 0 Å². The Kier molecular flexibility index (Phi) is 6.01. The van der Waals surface area contributed by atoms with E-state index in [9.17, 15) is 0 Å². The lowest BCUT2D eigenvalue weighted by molar-refractivity contribution is 0.242. The van der Waals surface area contributed by atoms with E-state index in [2.05, 4.69) is 39.3 Å². The van der Waals surface area contributed by atoms with Gasteiger partial charge in [-0.2, -0.15) is 11.3 Å². The molecule has 0 saturated heterocycles. The van der Waals surface area contributed by atoms with Crippen molar-refractivity contribution < 1.29 is 4.74 Å². The molecule has 3 rings (SSSR count). The van der Waals surface area contributed by atoms with Crippen molar-refractivity contribution in [3.63, 3.8) is 0 Å². The molecule has 2 aromatic heterocycles. The molecule has 1 N–H and O–H groups in total. The Balaban J connectivity index is 1.67. The molecule has 0 amide bonds. The molecule has 0 aliphatic carbocycles. The lowest BCUT2D eigenvalue weighted by atomic mass is 10.1. The summed E-state index contributed by atoms with van der Waals surface area (Å²) in [6, 6.07) is 10.7. The first-order valence-corrected chi connectivity index (χ1v) is 9.92. The highest BCUT2D eigenvalue weighted by molar-refractivity contribution is 7.09. The first kappa shape index (κ1) is 17.1. The van der Waals surface area contributed by atoms with Gasteiger partial charge in [-0.25, -0.2) is 4.98 Å². The lowest BCUT2D eigenvalue weighted by Gasteiger charge is -2.17. The van der Waals surface area contributed by atoms with E-state index in [1.807, 2.05) is 37.6 Å². The van der Waals surface area contributed by atoms with Gasteiger partial charge in [0.05, 0.1) is 12.1 Å². The van der Waals surface area contributed by atoms with Crippen LogP contribution in [0, 0.1) is 0 Å². The Morgan fingerprint density at radius 3 is 2.79 bits per heavy atom. The number of nitrogens with zero attached hydrogens (tertiary/aromatic N) is 1. The van der Waals surface area contributed by atoms with Crippen LogP contribution >= 0.6 is 22.7 Å². The molecule has 0 spiro atoms. The van der Waals surface area contributed by atoms with Gasteiger partial charge in [0.15, 0.2) is 0 Å². The molecule has 24 heavy (non-hydrogen) atoms. The first-order chi connectivity index (χ1) is 11.7. The Hall–Kier alpha value is -1.69. The molecule has 2 heterocycles. The summed E-state index contributed by atoms with van der Waals surface area (Å²) in [5.74, 6) is 0.924. The van der Waals surface area contributed by atoms with Crippen molar-refractivity contribution in [2.45, 2.75) is 39.0 Å². The maximum atomic E-state index is 5.78. The van der Waals surface area contributed by atoms with E-state index in [4.69, 9.17) is 4.74 Å². The fraction of sp³-hybridized carbons (Fsp3) is 0.316. The minimum Gasteiger partial charge on any atom is -0.491 e. The van der Waals surface area contributed by atoms with Gasteiger partial charge >= 0.3 is 0 Å². The van der Waals surface area contributed by atoms with Crippen molar-refractivity contribution in [3.05, 3.63) is 68.8 Å². The molecule has 5 heteroatoms. The molecular weight excluding hydrogens is 336 g/mol. The average molecular weight is 359 g/mol. The molecule has 126 valence electrons. The van der Waals surface area contributed by atoms with Crippen molar-refractivity contribution in [2.24, 2.45) is 0 Å². The van der Waals surface area contributed by atoms with Gasteiger partial charge in [0.2, 0.25) is 0 Å². The fourth-order valence-corrected chi connectivity index (χ4v) is 3.94. The summed E-state index contributed by atoms with van der Waals surface area (Å²) in [7, 11) is 0. The summed E-state index contributed by atoms with van der Waals surface area (Å²) in [4.78, 5) is 4.50. The van der Waals surface area contributed by atoms with Crippen LogP contribution in [-0.4, -0.2) is 11.1 Å². The quantitative estimate of drug-likeness (QED) is 0.611. The number of ether oxygens (including phenoxy) is 1. The van der Waals surface area contributed by atoms with Crippen LogP contribution in [-0.2, 0) is 13.0 Å². The van der Waals surface area contributed by atoms with E-state index >= 15 is 0 Å². The zero-order valence-electron chi connectivity index (χ0n) is 13.9. The van der Waals surface area contributed by atoms with Crippen LogP contribution < -0.4 is 10.1 Å². The second-order valence-corrected chi connectivity index (χ2v) is 7.66. The summed E-state index contributed by atoms with van der Waals surface area (Å²) in [6.07, 6.45) is 3.02. The van der Waals surface area contributed by atoms with Crippen LogP contribution in [0.5, 0.6) is 5.75 Å². The highest BCUT2D eigenvalue weighted by atomic mass is 32.1. The molecule has 0 aliphatic heterocycles. The third-order valence-electron chi connectivity index (χ3n) is 3.59. The smallest absolute Gasteiger partial charge is 0.120 e. The Bertz CT molecular complexity index is 724. The van der Waals surface area contributed by atoms with Gasteiger partial charge in [-0.3, -0.25) is 0 Å². The van der Waals surface area contributed by atoms with Crippen molar-refractivity contribution >= 4 is 22.7 Å². The van der Waals surface area contributed by atoms with Crippen molar-refractivity contribution in [2.75, 3.05) is 0 Å². The molecule has 1 aromatic carbocycles. The number of nitrogens with one attached hydrogen (secondary N) is 1. The minimum atomic E-state index is 0.190. The average Bonchev–Trinajstić information content (AvgIpc) is 3.24. The first-order valence-electron chi connectivity index (χ1n) is 8.10. The Labute approximate surface area is 151 Å². The van der Waals surface area contributed by atoms with Gasteiger partial charge in [0.25, 0.3) is 0 Å². The number of rotatable bonds is 8. The second-order valence-electron chi connectivity index (χ2n) is 5.95. The summed E-state index contributed by atoms with van der Waals surface area (Å²) >= 11 is 3.44. The maximum Gasteiger partial charge on any atom is 0.120 e. The highest BCUT2D eigenvalue weighted by Gasteiger charge is 2.15. The number of aromatic nitrogens is 1. The van der Waals surface area contributed by atoms with Crippen LogP contribution in [0.25, 0.3) is 0 Å². The standard InChI is InChI=1S/C19H22N2OS2/c1-14(2)22-17-5-3-4-15(10-17)12-21-18(19-20-7-9-24-19)11-16-6-8-23-13-16/h3-10,13-14,18,21H,11-12H2,1-2H3/t18-/m1/s1. The van der Waals surface area contributed by atoms with Gasteiger partial charge < -0.3 is 10.1 Å². The molecule has 0 fully saturated rings. The van der Waals surface area contributed by atoms with E-state index in [0.717, 1.165) is 23.7 Å². The predicted octanol–water partition coefficient (Wildman–Crippen LogP) is 5.07. The van der Waals surface area contributed by atoms with E-state index in [1.165, 1.54) is 11.1 Å². The van der Waals surface area contributed by atoms with E-state index in [-0.39, 0.29) is 12.1 Å². The molecule has 0 saturated carbocycles. The second kappa shape index (κ2) is 8.42. The molecular formula is C19H22N2OS2.